The van der Waals surface area contributed by atoms with E-state index in [-0.39, 0.29) is 0 Å². The van der Waals surface area contributed by atoms with Crippen LogP contribution in [0, 0.1) is 28.1 Å². The molecule has 25 heavy (non-hydrogen) atoms. The van der Waals surface area contributed by atoms with Crippen LogP contribution in [0.5, 0.6) is 0 Å². The lowest BCUT2D eigenvalue weighted by Crippen LogP contribution is -2.48. The largest absolute Gasteiger partial charge is 0.425 e. The fourth-order valence-corrected chi connectivity index (χ4v) is 1.71. The summed E-state index contributed by atoms with van der Waals surface area (Å²) in [6, 6.07) is 0.802. The van der Waals surface area contributed by atoms with Crippen molar-refractivity contribution in [1.29, 1.82) is 10.5 Å². The van der Waals surface area contributed by atoms with E-state index in [2.05, 4.69) is 0 Å². The predicted molar refractivity (Wildman–Crippen MR) is 54.7 cm³/mol. The molecule has 0 aromatic rings. The molecule has 0 amide bonds. The molecule has 0 aromatic carbocycles. The normalized spacial score (nSPS) is 16.7. The SMILES string of the molecule is N#CC(C#N)(CC(F)(F)C(F)C(F)(F)F)CC(F)(F)C(F)C(F)(F)F. The molecule has 0 heterocycles. The Bertz CT molecular complexity index is 499. The van der Waals surface area contributed by atoms with Crippen LogP contribution in [-0.2, 0) is 0 Å². The van der Waals surface area contributed by atoms with Gasteiger partial charge in [0.2, 0.25) is 0 Å². The second-order valence-electron chi connectivity index (χ2n) is 4.99. The van der Waals surface area contributed by atoms with Gasteiger partial charge in [-0.1, -0.05) is 0 Å². The van der Waals surface area contributed by atoms with Crippen molar-refractivity contribution in [3.63, 3.8) is 0 Å². The third-order valence-electron chi connectivity index (χ3n) is 2.82. The Morgan fingerprint density at radius 3 is 1.00 bits per heavy atom. The fourth-order valence-electron chi connectivity index (χ4n) is 1.71. The molecule has 2 atom stereocenters. The minimum atomic E-state index is -6.21. The molecule has 0 saturated heterocycles. The van der Waals surface area contributed by atoms with Gasteiger partial charge in [-0.25, -0.2) is 26.3 Å². The van der Waals surface area contributed by atoms with Crippen LogP contribution < -0.4 is 0 Å². The summed E-state index contributed by atoms with van der Waals surface area (Å²) in [6.07, 6.45) is -28.0. The zero-order chi connectivity index (χ0) is 20.5. The average molecular weight is 394 g/mol. The van der Waals surface area contributed by atoms with E-state index in [9.17, 15) is 52.7 Å². The van der Waals surface area contributed by atoms with Crippen LogP contribution in [-0.4, -0.2) is 36.5 Å². The van der Waals surface area contributed by atoms with Crippen molar-refractivity contribution >= 4 is 0 Å². The van der Waals surface area contributed by atoms with Crippen LogP contribution >= 0.6 is 0 Å². The van der Waals surface area contributed by atoms with Crippen LogP contribution in [0.4, 0.5) is 52.7 Å². The topological polar surface area (TPSA) is 47.6 Å². The van der Waals surface area contributed by atoms with Crippen LogP contribution in [0.2, 0.25) is 0 Å². The summed E-state index contributed by atoms with van der Waals surface area (Å²) in [4.78, 5) is 0. The molecule has 14 heteroatoms. The monoisotopic (exact) mass is 394 g/mol. The van der Waals surface area contributed by atoms with Gasteiger partial charge in [0.05, 0.1) is 12.1 Å². The van der Waals surface area contributed by atoms with Gasteiger partial charge in [0, 0.05) is 12.8 Å². The van der Waals surface area contributed by atoms with E-state index in [0.717, 1.165) is 0 Å². The number of alkyl halides is 12. The number of nitrogens with zero attached hydrogens (tertiary/aromatic N) is 2. The van der Waals surface area contributed by atoms with Crippen molar-refractivity contribution in [1.82, 2.24) is 0 Å². The van der Waals surface area contributed by atoms with Gasteiger partial charge in [-0.05, 0) is 0 Å². The average Bonchev–Trinajstić information content (AvgIpc) is 2.42. The predicted octanol–water partition coefficient (Wildman–Crippen LogP) is 4.87. The Balaban J connectivity index is 5.76. The molecule has 0 aliphatic heterocycles. The molecule has 2 unspecified atom stereocenters. The van der Waals surface area contributed by atoms with E-state index in [1.807, 2.05) is 0 Å². The Labute approximate surface area is 131 Å². The van der Waals surface area contributed by atoms with Gasteiger partial charge in [0.1, 0.15) is 0 Å². The molecular weight excluding hydrogens is 388 g/mol. The van der Waals surface area contributed by atoms with Gasteiger partial charge in [-0.3, -0.25) is 0 Å². The summed E-state index contributed by atoms with van der Waals surface area (Å²) >= 11 is 0. The Hall–Kier alpha value is -1.86. The molecule has 0 aliphatic carbocycles. The number of nitriles is 2. The molecule has 0 bridgehead atoms. The van der Waals surface area contributed by atoms with Crippen molar-refractivity contribution in [2.24, 2.45) is 5.41 Å². The second-order valence-corrected chi connectivity index (χ2v) is 4.99. The minimum Gasteiger partial charge on any atom is -0.231 e. The zero-order valence-electron chi connectivity index (χ0n) is 11.5. The van der Waals surface area contributed by atoms with Gasteiger partial charge in [-0.15, -0.1) is 0 Å². The summed E-state index contributed by atoms with van der Waals surface area (Å²) in [5, 5.41) is 17.1. The van der Waals surface area contributed by atoms with E-state index in [1.54, 1.807) is 0 Å². The van der Waals surface area contributed by atoms with Crippen LogP contribution in [0.15, 0.2) is 0 Å². The highest BCUT2D eigenvalue weighted by molar-refractivity contribution is 5.18. The van der Waals surface area contributed by atoms with E-state index in [1.165, 1.54) is 0 Å². The standard InChI is InChI=1S/C11H6F12N2/c12-5(10(18,19)20)8(14,15)1-7(3-24,4-25)2-9(16,17)6(13)11(21,22)23/h5-6H,1-2H2. The molecule has 144 valence electrons. The smallest absolute Gasteiger partial charge is 0.231 e. The van der Waals surface area contributed by atoms with Crippen molar-refractivity contribution in [3.05, 3.63) is 0 Å². The molecule has 0 radical (unpaired) electrons. The van der Waals surface area contributed by atoms with Gasteiger partial charge in [0.15, 0.2) is 5.41 Å². The maximum Gasteiger partial charge on any atom is 0.425 e. The van der Waals surface area contributed by atoms with Crippen molar-refractivity contribution in [3.8, 4) is 12.1 Å². The Morgan fingerprint density at radius 2 is 0.840 bits per heavy atom. The van der Waals surface area contributed by atoms with Crippen LogP contribution in [0.25, 0.3) is 0 Å². The lowest BCUT2D eigenvalue weighted by Gasteiger charge is -2.31. The summed E-state index contributed by atoms with van der Waals surface area (Å²) in [6.45, 7) is 0. The Kier molecular flexibility index (Phi) is 6.30. The molecule has 0 aromatic heterocycles. The van der Waals surface area contributed by atoms with Crippen LogP contribution in [0.3, 0.4) is 0 Å². The lowest BCUT2D eigenvalue weighted by molar-refractivity contribution is -0.258. The van der Waals surface area contributed by atoms with E-state index >= 15 is 0 Å². The maximum absolute atomic E-state index is 13.2. The summed E-state index contributed by atoms with van der Waals surface area (Å²) in [7, 11) is 0. The molecule has 0 saturated carbocycles. The van der Waals surface area contributed by atoms with E-state index in [4.69, 9.17) is 10.5 Å². The van der Waals surface area contributed by atoms with Crippen LogP contribution in [0.1, 0.15) is 12.8 Å². The molecule has 0 fully saturated rings. The quantitative estimate of drug-likeness (QED) is 0.604. The number of hydrogen-bond acceptors (Lipinski definition) is 2. The Morgan fingerprint density at radius 1 is 0.600 bits per heavy atom. The third kappa shape index (κ3) is 5.57. The van der Waals surface area contributed by atoms with E-state index < -0.39 is 54.8 Å². The summed E-state index contributed by atoms with van der Waals surface area (Å²) in [5.41, 5.74) is -3.92. The third-order valence-corrected chi connectivity index (χ3v) is 2.82. The summed E-state index contributed by atoms with van der Waals surface area (Å²) < 4.78 is 150. The highest BCUT2D eigenvalue weighted by atomic mass is 19.4. The maximum atomic E-state index is 13.2. The molecule has 0 rings (SSSR count). The number of hydrogen-bond donors (Lipinski definition) is 0. The fraction of sp³-hybridized carbons (Fsp3) is 0.818. The van der Waals surface area contributed by atoms with Crippen molar-refractivity contribution in [2.45, 2.75) is 49.4 Å². The highest BCUT2D eigenvalue weighted by Gasteiger charge is 2.64. The zero-order valence-corrected chi connectivity index (χ0v) is 11.5. The summed E-state index contributed by atoms with van der Waals surface area (Å²) in [5.74, 6) is -11.2. The highest BCUT2D eigenvalue weighted by Crippen LogP contribution is 2.48. The van der Waals surface area contributed by atoms with Gasteiger partial charge < -0.3 is 0 Å². The first kappa shape index (κ1) is 23.1. The van der Waals surface area contributed by atoms with Crippen molar-refractivity contribution in [2.75, 3.05) is 0 Å². The molecule has 0 N–H and O–H groups in total. The van der Waals surface area contributed by atoms with Gasteiger partial charge in [-0.2, -0.15) is 36.9 Å². The molecule has 2 nitrogen and oxygen atoms in total. The number of rotatable bonds is 6. The molecule has 0 spiro atoms. The first-order valence-corrected chi connectivity index (χ1v) is 5.84. The first-order valence-electron chi connectivity index (χ1n) is 5.84. The molecular formula is C11H6F12N2. The number of halogens is 12. The molecule has 0 aliphatic rings. The second kappa shape index (κ2) is 6.80. The first-order chi connectivity index (χ1) is 10.8. The lowest BCUT2D eigenvalue weighted by atomic mass is 9.77. The van der Waals surface area contributed by atoms with Gasteiger partial charge in [0.25, 0.3) is 24.2 Å². The minimum absolute atomic E-state index is 0.401. The van der Waals surface area contributed by atoms with E-state index in [0.29, 0.717) is 12.1 Å². The van der Waals surface area contributed by atoms with Crippen molar-refractivity contribution < 1.29 is 52.7 Å². The van der Waals surface area contributed by atoms with Gasteiger partial charge >= 0.3 is 12.4 Å².